The van der Waals surface area contributed by atoms with Crippen LogP contribution >= 0.6 is 0 Å². The molecule has 86 valence electrons. The van der Waals surface area contributed by atoms with E-state index in [9.17, 15) is 15.0 Å². The minimum Gasteiger partial charge on any atom is -0.480 e. The molecule has 0 saturated carbocycles. The highest BCUT2D eigenvalue weighted by Gasteiger charge is 2.44. The van der Waals surface area contributed by atoms with Crippen LogP contribution in [0.3, 0.4) is 0 Å². The maximum absolute atomic E-state index is 11.3. The molecule has 2 rings (SSSR count). The van der Waals surface area contributed by atoms with Gasteiger partial charge >= 0.3 is 5.97 Å². The average Bonchev–Trinajstić information content (AvgIpc) is 2.63. The van der Waals surface area contributed by atoms with Crippen molar-refractivity contribution < 1.29 is 15.0 Å². The second kappa shape index (κ2) is 4.23. The van der Waals surface area contributed by atoms with Crippen molar-refractivity contribution in [2.45, 2.75) is 24.5 Å². The van der Waals surface area contributed by atoms with Crippen LogP contribution in [0.5, 0.6) is 0 Å². The van der Waals surface area contributed by atoms with Gasteiger partial charge in [-0.2, -0.15) is 0 Å². The Balaban J connectivity index is 2.19. The Hall–Kier alpha value is -1.39. The zero-order valence-electron chi connectivity index (χ0n) is 8.89. The Morgan fingerprint density at radius 1 is 1.44 bits per heavy atom. The maximum Gasteiger partial charge on any atom is 0.324 e. The lowest BCUT2D eigenvalue weighted by molar-refractivity contribution is -0.144. The quantitative estimate of drug-likeness (QED) is 0.691. The molecule has 0 aromatic heterocycles. The Morgan fingerprint density at radius 2 is 2.12 bits per heavy atom. The summed E-state index contributed by atoms with van der Waals surface area (Å²) in [5, 5.41) is 21.7. The van der Waals surface area contributed by atoms with Gasteiger partial charge in [0.2, 0.25) is 0 Å². The highest BCUT2D eigenvalue weighted by Crippen LogP contribution is 2.24. The van der Waals surface area contributed by atoms with Gasteiger partial charge in [-0.15, -0.1) is 0 Å². The van der Waals surface area contributed by atoms with Gasteiger partial charge in [-0.25, -0.2) is 0 Å². The summed E-state index contributed by atoms with van der Waals surface area (Å²) in [6, 6.07) is 9.47. The molecule has 1 aromatic carbocycles. The number of hydrogen-bond donors (Lipinski definition) is 3. The number of rotatable bonds is 3. The predicted molar refractivity (Wildman–Crippen MR) is 59.1 cm³/mol. The lowest BCUT2D eigenvalue weighted by atomic mass is 9.89. The van der Waals surface area contributed by atoms with Crippen molar-refractivity contribution >= 4 is 5.97 Å². The summed E-state index contributed by atoms with van der Waals surface area (Å²) in [5.74, 6) is -0.895. The first-order valence-electron chi connectivity index (χ1n) is 5.33. The molecule has 1 heterocycles. The van der Waals surface area contributed by atoms with Crippen LogP contribution in [-0.2, 0) is 11.2 Å². The lowest BCUT2D eigenvalue weighted by Gasteiger charge is -2.24. The number of β-amino-alcohol motifs (C(OH)–C–C–N with tert-alkyl or cyclic N) is 1. The van der Waals surface area contributed by atoms with Crippen molar-refractivity contribution in [3.05, 3.63) is 35.9 Å². The fourth-order valence-electron chi connectivity index (χ4n) is 2.18. The Kier molecular flexibility index (Phi) is 2.94. The molecule has 0 bridgehead atoms. The standard InChI is InChI=1S/C12H15NO3/c14-10-7-12(11(15)16,13-8-10)6-9-4-2-1-3-5-9/h1-5,10,13-14H,6-8H2,(H,15,16)/t10?,12-/m0/s1. The normalized spacial score (nSPS) is 29.2. The number of carbonyl (C=O) groups is 1. The van der Waals surface area contributed by atoms with Crippen molar-refractivity contribution in [1.82, 2.24) is 5.32 Å². The van der Waals surface area contributed by atoms with E-state index in [1.54, 1.807) is 0 Å². The van der Waals surface area contributed by atoms with Gasteiger partial charge in [0.25, 0.3) is 0 Å². The van der Waals surface area contributed by atoms with Crippen molar-refractivity contribution in [1.29, 1.82) is 0 Å². The molecule has 0 amide bonds. The van der Waals surface area contributed by atoms with E-state index in [1.165, 1.54) is 0 Å². The number of benzene rings is 1. The Labute approximate surface area is 93.9 Å². The molecule has 0 aliphatic carbocycles. The molecular formula is C12H15NO3. The van der Waals surface area contributed by atoms with Crippen LogP contribution in [-0.4, -0.2) is 34.4 Å². The summed E-state index contributed by atoms with van der Waals surface area (Å²) in [7, 11) is 0. The van der Waals surface area contributed by atoms with Crippen LogP contribution in [0.15, 0.2) is 30.3 Å². The fourth-order valence-corrected chi connectivity index (χ4v) is 2.18. The molecule has 16 heavy (non-hydrogen) atoms. The van der Waals surface area contributed by atoms with Crippen molar-refractivity contribution in [3.63, 3.8) is 0 Å². The van der Waals surface area contributed by atoms with Gasteiger partial charge in [-0.1, -0.05) is 30.3 Å². The summed E-state index contributed by atoms with van der Waals surface area (Å²) in [6.45, 7) is 0.346. The first-order chi connectivity index (χ1) is 7.62. The molecule has 0 radical (unpaired) electrons. The number of hydrogen-bond acceptors (Lipinski definition) is 3. The van der Waals surface area contributed by atoms with Gasteiger partial charge in [-0.3, -0.25) is 10.1 Å². The first kappa shape index (κ1) is 11.1. The average molecular weight is 221 g/mol. The summed E-state index contributed by atoms with van der Waals surface area (Å²) in [4.78, 5) is 11.3. The molecule has 1 fully saturated rings. The molecule has 1 aliphatic heterocycles. The van der Waals surface area contributed by atoms with E-state index in [0.717, 1.165) is 5.56 Å². The molecule has 1 aromatic rings. The van der Waals surface area contributed by atoms with Crippen LogP contribution in [0, 0.1) is 0 Å². The third kappa shape index (κ3) is 2.08. The van der Waals surface area contributed by atoms with E-state index in [1.807, 2.05) is 30.3 Å². The highest BCUT2D eigenvalue weighted by atomic mass is 16.4. The van der Waals surface area contributed by atoms with Gasteiger partial charge in [0.05, 0.1) is 6.10 Å². The van der Waals surface area contributed by atoms with Gasteiger partial charge in [0.1, 0.15) is 5.54 Å². The Bertz CT molecular complexity index is 379. The highest BCUT2D eigenvalue weighted by molar-refractivity contribution is 5.80. The van der Waals surface area contributed by atoms with E-state index in [-0.39, 0.29) is 6.42 Å². The second-order valence-corrected chi connectivity index (χ2v) is 4.29. The summed E-state index contributed by atoms with van der Waals surface area (Å²) in [5.41, 5.74) is -0.0488. The second-order valence-electron chi connectivity index (χ2n) is 4.29. The SMILES string of the molecule is O=C(O)[C@]1(Cc2ccccc2)CC(O)CN1. The molecule has 1 aliphatic rings. The minimum absolute atomic E-state index is 0.261. The van der Waals surface area contributed by atoms with E-state index in [4.69, 9.17) is 0 Å². The van der Waals surface area contributed by atoms with Crippen LogP contribution in [0.2, 0.25) is 0 Å². The largest absolute Gasteiger partial charge is 0.480 e. The molecule has 1 unspecified atom stereocenters. The number of carboxylic acids is 1. The maximum atomic E-state index is 11.3. The number of aliphatic hydroxyl groups is 1. The summed E-state index contributed by atoms with van der Waals surface area (Å²) < 4.78 is 0. The molecule has 3 N–H and O–H groups in total. The Morgan fingerprint density at radius 3 is 2.62 bits per heavy atom. The van der Waals surface area contributed by atoms with Gasteiger partial charge in [0, 0.05) is 19.4 Å². The van der Waals surface area contributed by atoms with Crippen LogP contribution in [0.1, 0.15) is 12.0 Å². The number of aliphatic carboxylic acids is 1. The van der Waals surface area contributed by atoms with Crippen LogP contribution in [0.4, 0.5) is 0 Å². The zero-order chi connectivity index (χ0) is 11.6. The van der Waals surface area contributed by atoms with Crippen molar-refractivity contribution in [2.75, 3.05) is 6.54 Å². The van der Waals surface area contributed by atoms with Gasteiger partial charge in [0.15, 0.2) is 0 Å². The monoisotopic (exact) mass is 221 g/mol. The number of aliphatic hydroxyl groups excluding tert-OH is 1. The summed E-state index contributed by atoms with van der Waals surface area (Å²) in [6.07, 6.45) is 0.0945. The molecule has 1 saturated heterocycles. The predicted octanol–water partition coefficient (Wildman–Crippen LogP) is 0.407. The van der Waals surface area contributed by atoms with Crippen LogP contribution in [0.25, 0.3) is 0 Å². The van der Waals surface area contributed by atoms with Crippen LogP contribution < -0.4 is 5.32 Å². The molecule has 4 nitrogen and oxygen atoms in total. The molecule has 4 heteroatoms. The van der Waals surface area contributed by atoms with E-state index in [0.29, 0.717) is 13.0 Å². The van der Waals surface area contributed by atoms with Gasteiger partial charge < -0.3 is 10.2 Å². The smallest absolute Gasteiger partial charge is 0.324 e. The number of carboxylic acid groups (broad SMARTS) is 1. The van der Waals surface area contributed by atoms with Crippen molar-refractivity contribution in [2.24, 2.45) is 0 Å². The van der Waals surface area contributed by atoms with E-state index in [2.05, 4.69) is 5.32 Å². The lowest BCUT2D eigenvalue weighted by Crippen LogP contribution is -2.49. The van der Waals surface area contributed by atoms with Crippen molar-refractivity contribution in [3.8, 4) is 0 Å². The molecular weight excluding hydrogens is 206 g/mol. The van der Waals surface area contributed by atoms with E-state index < -0.39 is 17.6 Å². The van der Waals surface area contributed by atoms with E-state index >= 15 is 0 Å². The zero-order valence-corrected chi connectivity index (χ0v) is 8.89. The fraction of sp³-hybridized carbons (Fsp3) is 0.417. The molecule has 2 atom stereocenters. The third-order valence-corrected chi connectivity index (χ3v) is 3.02. The number of nitrogens with one attached hydrogen (secondary N) is 1. The minimum atomic E-state index is -1.01. The van der Waals surface area contributed by atoms with Gasteiger partial charge in [-0.05, 0) is 5.56 Å². The first-order valence-corrected chi connectivity index (χ1v) is 5.33. The third-order valence-electron chi connectivity index (χ3n) is 3.02. The topological polar surface area (TPSA) is 69.6 Å². The molecule has 0 spiro atoms. The summed E-state index contributed by atoms with van der Waals surface area (Å²) >= 11 is 0.